The van der Waals surface area contributed by atoms with Crippen molar-refractivity contribution in [1.29, 1.82) is 0 Å². The van der Waals surface area contributed by atoms with Gasteiger partial charge in [-0.15, -0.1) is 0 Å². The van der Waals surface area contributed by atoms with Gasteiger partial charge in [-0.2, -0.15) is 12.7 Å². The number of rotatable bonds is 3. The van der Waals surface area contributed by atoms with Crippen molar-refractivity contribution in [2.45, 2.75) is 12.8 Å². The molecular weight excluding hydrogens is 268 g/mol. The van der Waals surface area contributed by atoms with E-state index in [0.29, 0.717) is 12.4 Å². The highest BCUT2D eigenvalue weighted by Gasteiger charge is 2.30. The van der Waals surface area contributed by atoms with Crippen molar-refractivity contribution in [2.75, 3.05) is 24.9 Å². The molecule has 1 aliphatic rings. The lowest BCUT2D eigenvalue weighted by Crippen LogP contribution is -2.43. The summed E-state index contributed by atoms with van der Waals surface area (Å²) in [6.07, 6.45) is 1.46. The number of nitrogens with two attached hydrogens (primary N) is 1. The topological polar surface area (TPSA) is 96.6 Å². The Kier molecular flexibility index (Phi) is 3.46. The van der Waals surface area contributed by atoms with Gasteiger partial charge < -0.3 is 5.73 Å². The minimum atomic E-state index is -3.60. The highest BCUT2D eigenvalue weighted by molar-refractivity contribution is 7.90. The molecule has 1 aliphatic heterocycles. The van der Waals surface area contributed by atoms with E-state index in [-0.39, 0.29) is 5.69 Å². The van der Waals surface area contributed by atoms with Crippen LogP contribution in [0.5, 0.6) is 0 Å². The summed E-state index contributed by atoms with van der Waals surface area (Å²) in [5.74, 6) is -0.369. The number of carbonyl (C=O) groups excluding carboxylic acids is 1. The van der Waals surface area contributed by atoms with Gasteiger partial charge in [-0.25, -0.2) is 9.29 Å². The van der Waals surface area contributed by atoms with E-state index in [0.717, 1.165) is 22.7 Å². The zero-order valence-electron chi connectivity index (χ0n) is 10.8. The van der Waals surface area contributed by atoms with Gasteiger partial charge in [-0.1, -0.05) is 6.07 Å². The molecule has 1 aromatic heterocycles. The molecule has 2 N–H and O–H groups in total. The summed E-state index contributed by atoms with van der Waals surface area (Å²) in [5, 5.41) is 0. The number of fused-ring (bicyclic) bond motifs is 1. The minimum Gasteiger partial charge on any atom is -0.364 e. The van der Waals surface area contributed by atoms with Crippen molar-refractivity contribution in [3.05, 3.63) is 23.4 Å². The third kappa shape index (κ3) is 2.41. The molecule has 8 heteroatoms. The second-order valence-corrected chi connectivity index (χ2v) is 6.58. The molecule has 0 saturated heterocycles. The van der Waals surface area contributed by atoms with Crippen molar-refractivity contribution in [2.24, 2.45) is 5.73 Å². The summed E-state index contributed by atoms with van der Waals surface area (Å²) in [4.78, 5) is 15.2. The van der Waals surface area contributed by atoms with E-state index in [1.54, 1.807) is 6.07 Å². The van der Waals surface area contributed by atoms with Crippen LogP contribution in [-0.2, 0) is 16.6 Å². The first-order chi connectivity index (χ1) is 8.84. The zero-order valence-corrected chi connectivity index (χ0v) is 11.6. The van der Waals surface area contributed by atoms with Crippen LogP contribution in [0.25, 0.3) is 0 Å². The van der Waals surface area contributed by atoms with E-state index in [1.807, 2.05) is 0 Å². The fourth-order valence-electron chi connectivity index (χ4n) is 1.97. The van der Waals surface area contributed by atoms with Gasteiger partial charge >= 0.3 is 10.2 Å². The second-order valence-electron chi connectivity index (χ2n) is 4.51. The third-order valence-electron chi connectivity index (χ3n) is 2.99. The molecular formula is C11H16N4O3S. The number of aryl methyl sites for hydroxylation is 1. The van der Waals surface area contributed by atoms with Crippen molar-refractivity contribution >= 4 is 21.9 Å². The summed E-state index contributed by atoms with van der Waals surface area (Å²) in [5.41, 5.74) is 6.06. The zero-order chi connectivity index (χ0) is 14.2. The Morgan fingerprint density at radius 3 is 2.68 bits per heavy atom. The molecule has 0 saturated carbocycles. The summed E-state index contributed by atoms with van der Waals surface area (Å²) >= 11 is 0. The van der Waals surface area contributed by atoms with Gasteiger partial charge in [0.2, 0.25) is 0 Å². The minimum absolute atomic E-state index is 0.0691. The standard InChI is InChI=1S/C11H16N4O3S/c1-14(2)19(17,18)15-7-3-4-8-5-6-9(10(12)16)13-11(8)15/h5-6H,3-4,7H2,1-2H3,(H2,12,16). The number of nitrogens with zero attached hydrogens (tertiary/aromatic N) is 3. The fourth-order valence-corrected chi connectivity index (χ4v) is 3.10. The number of hydrogen-bond donors (Lipinski definition) is 1. The van der Waals surface area contributed by atoms with Crippen LogP contribution in [0.1, 0.15) is 22.5 Å². The first-order valence-corrected chi connectivity index (χ1v) is 7.23. The Bertz CT molecular complexity index is 612. The first kappa shape index (κ1) is 13.8. The van der Waals surface area contributed by atoms with Crippen LogP contribution in [-0.4, -0.2) is 44.3 Å². The second kappa shape index (κ2) is 4.78. The van der Waals surface area contributed by atoms with Crippen LogP contribution in [0.3, 0.4) is 0 Å². The molecule has 0 unspecified atom stereocenters. The molecule has 1 amide bonds. The summed E-state index contributed by atoms with van der Waals surface area (Å²) < 4.78 is 26.8. The molecule has 2 rings (SSSR count). The van der Waals surface area contributed by atoms with E-state index < -0.39 is 16.1 Å². The highest BCUT2D eigenvalue weighted by atomic mass is 32.2. The van der Waals surface area contributed by atoms with Gasteiger partial charge in [0, 0.05) is 20.6 Å². The Hall–Kier alpha value is -1.67. The quantitative estimate of drug-likeness (QED) is 0.827. The van der Waals surface area contributed by atoms with Crippen LogP contribution >= 0.6 is 0 Å². The van der Waals surface area contributed by atoms with Crippen LogP contribution in [0, 0.1) is 0 Å². The Morgan fingerprint density at radius 1 is 1.42 bits per heavy atom. The number of carbonyl (C=O) groups is 1. The Balaban J connectivity index is 2.54. The van der Waals surface area contributed by atoms with Crippen LogP contribution in [0.15, 0.2) is 12.1 Å². The van der Waals surface area contributed by atoms with Crippen LogP contribution in [0.2, 0.25) is 0 Å². The number of anilines is 1. The summed E-state index contributed by atoms with van der Waals surface area (Å²) in [6.45, 7) is 0.350. The summed E-state index contributed by atoms with van der Waals surface area (Å²) in [6, 6.07) is 3.23. The van der Waals surface area contributed by atoms with Gasteiger partial charge in [0.1, 0.15) is 11.5 Å². The molecule has 0 fully saturated rings. The molecule has 0 radical (unpaired) electrons. The van der Waals surface area contributed by atoms with Gasteiger partial charge in [0.25, 0.3) is 5.91 Å². The van der Waals surface area contributed by atoms with Crippen LogP contribution < -0.4 is 10.0 Å². The predicted octanol–water partition coefficient (Wildman–Crippen LogP) is -0.260. The lowest BCUT2D eigenvalue weighted by molar-refractivity contribution is 0.0995. The molecule has 0 aliphatic carbocycles. The maximum Gasteiger partial charge on any atom is 0.304 e. The maximum atomic E-state index is 12.2. The molecule has 0 bridgehead atoms. The van der Waals surface area contributed by atoms with Crippen molar-refractivity contribution in [3.8, 4) is 0 Å². The Morgan fingerprint density at radius 2 is 2.11 bits per heavy atom. The number of aromatic nitrogens is 1. The Labute approximate surface area is 112 Å². The monoisotopic (exact) mass is 284 g/mol. The average molecular weight is 284 g/mol. The third-order valence-corrected chi connectivity index (χ3v) is 4.83. The van der Waals surface area contributed by atoms with E-state index in [1.165, 1.54) is 24.5 Å². The number of primary amides is 1. The SMILES string of the molecule is CN(C)S(=O)(=O)N1CCCc2ccc(C(N)=O)nc21. The largest absolute Gasteiger partial charge is 0.364 e. The molecule has 0 spiro atoms. The van der Waals surface area contributed by atoms with E-state index in [9.17, 15) is 13.2 Å². The summed E-state index contributed by atoms with van der Waals surface area (Å²) in [7, 11) is -0.684. The number of pyridine rings is 1. The molecule has 2 heterocycles. The van der Waals surface area contributed by atoms with Gasteiger partial charge in [0.05, 0.1) is 0 Å². The molecule has 7 nitrogen and oxygen atoms in total. The highest BCUT2D eigenvalue weighted by Crippen LogP contribution is 2.28. The molecule has 104 valence electrons. The average Bonchev–Trinajstić information content (AvgIpc) is 2.36. The maximum absolute atomic E-state index is 12.2. The van der Waals surface area contributed by atoms with E-state index in [4.69, 9.17) is 5.73 Å². The van der Waals surface area contributed by atoms with Gasteiger partial charge in [-0.05, 0) is 24.5 Å². The molecule has 19 heavy (non-hydrogen) atoms. The molecule has 1 aromatic rings. The lowest BCUT2D eigenvalue weighted by atomic mass is 10.1. The number of amides is 1. The van der Waals surface area contributed by atoms with Gasteiger partial charge in [0.15, 0.2) is 0 Å². The molecule has 0 aromatic carbocycles. The van der Waals surface area contributed by atoms with Crippen LogP contribution in [0.4, 0.5) is 5.82 Å². The van der Waals surface area contributed by atoms with Crippen molar-refractivity contribution < 1.29 is 13.2 Å². The lowest BCUT2D eigenvalue weighted by Gasteiger charge is -2.31. The van der Waals surface area contributed by atoms with Crippen molar-refractivity contribution in [1.82, 2.24) is 9.29 Å². The van der Waals surface area contributed by atoms with Crippen molar-refractivity contribution in [3.63, 3.8) is 0 Å². The molecule has 0 atom stereocenters. The predicted molar refractivity (Wildman–Crippen MR) is 71.0 cm³/mol. The number of hydrogen-bond acceptors (Lipinski definition) is 4. The van der Waals surface area contributed by atoms with E-state index in [2.05, 4.69) is 4.98 Å². The normalized spacial score (nSPS) is 15.4. The first-order valence-electron chi connectivity index (χ1n) is 5.84. The van der Waals surface area contributed by atoms with E-state index >= 15 is 0 Å². The smallest absolute Gasteiger partial charge is 0.304 e. The fraction of sp³-hybridized carbons (Fsp3) is 0.455. The van der Waals surface area contributed by atoms with Gasteiger partial charge in [-0.3, -0.25) is 4.79 Å².